The Morgan fingerprint density at radius 2 is 1.80 bits per heavy atom. The molecule has 0 spiro atoms. The third-order valence-electron chi connectivity index (χ3n) is 5.41. The van der Waals surface area contributed by atoms with Crippen LogP contribution in [0.15, 0.2) is 24.3 Å². The number of carboxylic acid groups (broad SMARTS) is 1. The zero-order chi connectivity index (χ0) is 17.9. The van der Waals surface area contributed by atoms with Crippen molar-refractivity contribution in [1.82, 2.24) is 5.32 Å². The highest BCUT2D eigenvalue weighted by molar-refractivity contribution is 6.04. The Morgan fingerprint density at radius 3 is 2.32 bits per heavy atom. The van der Waals surface area contributed by atoms with Crippen LogP contribution < -0.4 is 10.1 Å². The van der Waals surface area contributed by atoms with Crippen LogP contribution in [0, 0.1) is 5.41 Å². The van der Waals surface area contributed by atoms with Crippen molar-refractivity contribution in [2.24, 2.45) is 5.41 Å². The number of aliphatic carboxylic acids is 1. The number of rotatable bonds is 7. The van der Waals surface area contributed by atoms with Gasteiger partial charge in [0.05, 0.1) is 6.61 Å². The molecule has 2 N–H and O–H groups in total. The molecule has 136 valence electrons. The van der Waals surface area contributed by atoms with Crippen LogP contribution in [-0.2, 0) is 19.7 Å². The van der Waals surface area contributed by atoms with Gasteiger partial charge in [0.25, 0.3) is 0 Å². The zero-order valence-corrected chi connectivity index (χ0v) is 14.5. The number of benzene rings is 1. The predicted octanol–water partition coefficient (Wildman–Crippen LogP) is 2.11. The smallest absolute Gasteiger partial charge is 0.319 e. The second-order valence-electron chi connectivity index (χ2n) is 6.92. The summed E-state index contributed by atoms with van der Waals surface area (Å²) in [6, 6.07) is 7.95. The van der Waals surface area contributed by atoms with Gasteiger partial charge in [0.2, 0.25) is 5.91 Å². The molecular formula is C19H25NO5. The summed E-state index contributed by atoms with van der Waals surface area (Å²) in [5, 5.41) is 12.2. The lowest BCUT2D eigenvalue weighted by molar-refractivity contribution is -0.149. The standard InChI is InChI=1S/C19H25NO5/c1-2-25-15-5-3-14(4-6-15)18(9-11-24-12-10-18)13-20-16(21)19(7-8-19)17(22)23/h3-6H,2,7-13H2,1H3,(H,20,21)(H,22,23). The summed E-state index contributed by atoms with van der Waals surface area (Å²) in [5.74, 6) is -0.566. The Balaban J connectivity index is 1.74. The van der Waals surface area contributed by atoms with Crippen LogP contribution in [0.25, 0.3) is 0 Å². The van der Waals surface area contributed by atoms with Gasteiger partial charge in [-0.1, -0.05) is 12.1 Å². The number of ether oxygens (including phenoxy) is 2. The topological polar surface area (TPSA) is 84.9 Å². The van der Waals surface area contributed by atoms with Crippen molar-refractivity contribution in [3.05, 3.63) is 29.8 Å². The first-order chi connectivity index (χ1) is 12.0. The fourth-order valence-electron chi connectivity index (χ4n) is 3.48. The van der Waals surface area contributed by atoms with E-state index in [0.29, 0.717) is 39.2 Å². The number of carbonyl (C=O) groups excluding carboxylic acids is 1. The summed E-state index contributed by atoms with van der Waals surface area (Å²) in [5.41, 5.74) is -0.307. The first kappa shape index (κ1) is 17.7. The Morgan fingerprint density at radius 1 is 1.16 bits per heavy atom. The summed E-state index contributed by atoms with van der Waals surface area (Å²) in [7, 11) is 0. The molecule has 1 amide bonds. The monoisotopic (exact) mass is 347 g/mol. The molecule has 0 aromatic heterocycles. The molecule has 6 nitrogen and oxygen atoms in total. The van der Waals surface area contributed by atoms with Gasteiger partial charge in [-0.3, -0.25) is 9.59 Å². The molecule has 2 fully saturated rings. The van der Waals surface area contributed by atoms with Gasteiger partial charge >= 0.3 is 5.97 Å². The first-order valence-electron chi connectivity index (χ1n) is 8.85. The lowest BCUT2D eigenvalue weighted by atomic mass is 9.74. The van der Waals surface area contributed by atoms with E-state index in [2.05, 4.69) is 5.32 Å². The van der Waals surface area contributed by atoms with Crippen molar-refractivity contribution >= 4 is 11.9 Å². The number of carboxylic acids is 1. The van der Waals surface area contributed by atoms with Crippen LogP contribution in [0.2, 0.25) is 0 Å². The van der Waals surface area contributed by atoms with Gasteiger partial charge in [-0.25, -0.2) is 0 Å². The highest BCUT2D eigenvalue weighted by Gasteiger charge is 2.57. The van der Waals surface area contributed by atoms with Crippen molar-refractivity contribution in [1.29, 1.82) is 0 Å². The predicted molar refractivity (Wildman–Crippen MR) is 91.7 cm³/mol. The Bertz CT molecular complexity index is 630. The quantitative estimate of drug-likeness (QED) is 0.738. The Labute approximate surface area is 147 Å². The highest BCUT2D eigenvalue weighted by Crippen LogP contribution is 2.46. The minimum Gasteiger partial charge on any atom is -0.494 e. The molecular weight excluding hydrogens is 322 g/mol. The summed E-state index contributed by atoms with van der Waals surface area (Å²) >= 11 is 0. The van der Waals surface area contributed by atoms with Crippen LogP contribution >= 0.6 is 0 Å². The fraction of sp³-hybridized carbons (Fsp3) is 0.579. The van der Waals surface area contributed by atoms with Crippen molar-refractivity contribution in [2.45, 2.75) is 38.0 Å². The SMILES string of the molecule is CCOc1ccc(C2(CNC(=O)C3(C(=O)O)CC3)CCOCC2)cc1. The van der Waals surface area contributed by atoms with E-state index in [1.165, 1.54) is 0 Å². The van der Waals surface area contributed by atoms with Gasteiger partial charge in [-0.15, -0.1) is 0 Å². The van der Waals surface area contributed by atoms with E-state index in [1.807, 2.05) is 31.2 Å². The second-order valence-corrected chi connectivity index (χ2v) is 6.92. The minimum atomic E-state index is -1.20. The van der Waals surface area contributed by atoms with E-state index < -0.39 is 11.4 Å². The molecule has 1 aliphatic carbocycles. The van der Waals surface area contributed by atoms with Crippen LogP contribution in [0.5, 0.6) is 5.75 Å². The molecule has 6 heteroatoms. The van der Waals surface area contributed by atoms with E-state index in [9.17, 15) is 14.7 Å². The highest BCUT2D eigenvalue weighted by atomic mass is 16.5. The first-order valence-corrected chi connectivity index (χ1v) is 8.85. The molecule has 1 saturated heterocycles. The minimum absolute atomic E-state index is 0.229. The lowest BCUT2D eigenvalue weighted by Gasteiger charge is -2.38. The van der Waals surface area contributed by atoms with Crippen LogP contribution in [0.3, 0.4) is 0 Å². The van der Waals surface area contributed by atoms with Crippen molar-refractivity contribution in [3.63, 3.8) is 0 Å². The molecule has 0 atom stereocenters. The molecule has 0 bridgehead atoms. The second kappa shape index (κ2) is 7.04. The summed E-state index contributed by atoms with van der Waals surface area (Å²) in [6.07, 6.45) is 2.43. The van der Waals surface area contributed by atoms with Crippen molar-refractivity contribution in [3.8, 4) is 5.75 Å². The molecule has 2 aliphatic rings. The molecule has 1 aromatic carbocycles. The van der Waals surface area contributed by atoms with Gasteiger partial charge in [0, 0.05) is 25.2 Å². The van der Waals surface area contributed by atoms with Crippen LogP contribution in [0.1, 0.15) is 38.2 Å². The summed E-state index contributed by atoms with van der Waals surface area (Å²) in [6.45, 7) is 4.25. The maximum absolute atomic E-state index is 12.4. The van der Waals surface area contributed by atoms with E-state index in [-0.39, 0.29) is 11.3 Å². The molecule has 25 heavy (non-hydrogen) atoms. The average Bonchev–Trinajstić information content (AvgIpc) is 3.43. The van der Waals surface area contributed by atoms with Gasteiger partial charge in [0.15, 0.2) is 0 Å². The third-order valence-corrected chi connectivity index (χ3v) is 5.41. The molecule has 0 unspecified atom stereocenters. The number of hydrogen-bond acceptors (Lipinski definition) is 4. The van der Waals surface area contributed by atoms with E-state index in [1.54, 1.807) is 0 Å². The molecule has 1 aliphatic heterocycles. The van der Waals surface area contributed by atoms with E-state index >= 15 is 0 Å². The largest absolute Gasteiger partial charge is 0.494 e. The average molecular weight is 347 g/mol. The Kier molecular flexibility index (Phi) is 4.99. The summed E-state index contributed by atoms with van der Waals surface area (Å²) in [4.78, 5) is 23.7. The summed E-state index contributed by atoms with van der Waals surface area (Å²) < 4.78 is 11.0. The lowest BCUT2D eigenvalue weighted by Crippen LogP contribution is -2.47. The van der Waals surface area contributed by atoms with E-state index in [4.69, 9.17) is 9.47 Å². The third kappa shape index (κ3) is 3.49. The molecule has 1 saturated carbocycles. The van der Waals surface area contributed by atoms with Crippen LogP contribution in [-0.4, -0.2) is 43.3 Å². The fourth-order valence-corrected chi connectivity index (χ4v) is 3.48. The molecule has 1 aromatic rings. The maximum Gasteiger partial charge on any atom is 0.319 e. The normalized spacial score (nSPS) is 20.5. The molecule has 0 radical (unpaired) electrons. The Hall–Kier alpha value is -2.08. The zero-order valence-electron chi connectivity index (χ0n) is 14.5. The van der Waals surface area contributed by atoms with E-state index in [0.717, 1.165) is 24.2 Å². The van der Waals surface area contributed by atoms with Crippen LogP contribution in [0.4, 0.5) is 0 Å². The van der Waals surface area contributed by atoms with Crippen molar-refractivity contribution < 1.29 is 24.2 Å². The maximum atomic E-state index is 12.4. The van der Waals surface area contributed by atoms with Gasteiger partial charge in [-0.2, -0.15) is 0 Å². The van der Waals surface area contributed by atoms with Gasteiger partial charge in [0.1, 0.15) is 11.2 Å². The number of hydrogen-bond donors (Lipinski definition) is 2. The number of carbonyl (C=O) groups is 2. The number of amides is 1. The van der Waals surface area contributed by atoms with Crippen molar-refractivity contribution in [2.75, 3.05) is 26.4 Å². The molecule has 3 rings (SSSR count). The molecule has 1 heterocycles. The van der Waals surface area contributed by atoms with Gasteiger partial charge < -0.3 is 19.9 Å². The number of nitrogens with one attached hydrogen (secondary N) is 1. The van der Waals surface area contributed by atoms with Gasteiger partial charge in [-0.05, 0) is 50.3 Å².